The third-order valence-electron chi connectivity index (χ3n) is 12.4. The van der Waals surface area contributed by atoms with E-state index >= 15 is 0 Å². The number of hydrogen-bond donors (Lipinski definition) is 4. The molecule has 0 bridgehead atoms. The molecule has 0 aromatic heterocycles. The van der Waals surface area contributed by atoms with E-state index in [0.29, 0.717) is 19.3 Å². The Kier molecular flexibility index (Phi) is 53.4. The molecule has 5 atom stereocenters. The summed E-state index contributed by atoms with van der Waals surface area (Å²) in [5.41, 5.74) is 0. The van der Waals surface area contributed by atoms with Crippen LogP contribution in [-0.4, -0.2) is 95.9 Å². The van der Waals surface area contributed by atoms with Gasteiger partial charge < -0.3 is 34.2 Å². The van der Waals surface area contributed by atoms with Crippen LogP contribution >= 0.6 is 15.6 Å². The summed E-state index contributed by atoms with van der Waals surface area (Å²) in [5, 5.41) is 20.4. The Labute approximate surface area is 477 Å². The quantitative estimate of drug-likeness (QED) is 0.0146. The lowest BCUT2D eigenvalue weighted by molar-refractivity contribution is -0.161. The second kappa shape index (κ2) is 55.5. The van der Waals surface area contributed by atoms with Gasteiger partial charge in [-0.3, -0.25) is 32.5 Å². The van der Waals surface area contributed by atoms with Crippen molar-refractivity contribution in [1.29, 1.82) is 0 Å². The highest BCUT2D eigenvalue weighted by atomic mass is 31.2. The summed E-state index contributed by atoms with van der Waals surface area (Å²) >= 11 is 0. The van der Waals surface area contributed by atoms with Crippen LogP contribution in [0, 0.1) is 0 Å². The SMILES string of the molecule is CC/C=C\C/C=C\C/C=C\CCCCCCCCCC(=O)OCC(O)COP(=O)(O)OCC(O)COP(=O)(O)OCC(COC(=O)CCCCCCC/C=C\C/C=C\CCC)OC(=O)CCCCCCC/C=C\CCCCCC. The molecule has 0 saturated carbocycles. The van der Waals surface area contributed by atoms with Gasteiger partial charge in [-0.05, 0) is 103 Å². The summed E-state index contributed by atoms with van der Waals surface area (Å²) in [5.74, 6) is -1.61. The predicted octanol–water partition coefficient (Wildman–Crippen LogP) is 15.6. The molecule has 0 aliphatic heterocycles. The second-order valence-electron chi connectivity index (χ2n) is 20.1. The normalized spacial score (nSPS) is 15.0. The Morgan fingerprint density at radius 3 is 1.13 bits per heavy atom. The summed E-state index contributed by atoms with van der Waals surface area (Å²) in [6, 6.07) is 0. The van der Waals surface area contributed by atoms with Crippen molar-refractivity contribution in [3.63, 3.8) is 0 Å². The molecule has 458 valence electrons. The van der Waals surface area contributed by atoms with E-state index in [-0.39, 0.29) is 19.3 Å². The number of aliphatic hydroxyl groups excluding tert-OH is 2. The summed E-state index contributed by atoms with van der Waals surface area (Å²) in [4.78, 5) is 58.0. The van der Waals surface area contributed by atoms with Crippen molar-refractivity contribution in [1.82, 2.24) is 0 Å². The van der Waals surface area contributed by atoms with Gasteiger partial charge in [0, 0.05) is 19.3 Å². The highest BCUT2D eigenvalue weighted by molar-refractivity contribution is 7.47. The highest BCUT2D eigenvalue weighted by Gasteiger charge is 2.29. The number of ether oxygens (including phenoxy) is 3. The molecular formula is C61H108O16P2. The van der Waals surface area contributed by atoms with Gasteiger partial charge in [0.15, 0.2) is 6.10 Å². The number of phosphoric acid groups is 2. The average Bonchev–Trinajstić information content (AvgIpc) is 3.42. The number of carbonyl (C=O) groups is 3. The van der Waals surface area contributed by atoms with Crippen molar-refractivity contribution in [2.45, 2.75) is 257 Å². The van der Waals surface area contributed by atoms with Crippen molar-refractivity contribution in [3.05, 3.63) is 72.9 Å². The van der Waals surface area contributed by atoms with Crippen molar-refractivity contribution in [2.75, 3.05) is 39.6 Å². The third-order valence-corrected chi connectivity index (χ3v) is 14.3. The largest absolute Gasteiger partial charge is 0.472 e. The fraction of sp³-hybridized carbons (Fsp3) is 0.754. The number of aliphatic hydroxyl groups is 2. The summed E-state index contributed by atoms with van der Waals surface area (Å²) < 4.78 is 60.6. The van der Waals surface area contributed by atoms with Crippen LogP contribution in [0.15, 0.2) is 72.9 Å². The van der Waals surface area contributed by atoms with E-state index in [4.69, 9.17) is 32.3 Å². The van der Waals surface area contributed by atoms with Gasteiger partial charge in [-0.15, -0.1) is 0 Å². The minimum atomic E-state index is -4.92. The minimum absolute atomic E-state index is 0.0922. The number of allylic oxidation sites excluding steroid dienone is 12. The van der Waals surface area contributed by atoms with Crippen LogP contribution in [0.1, 0.15) is 239 Å². The lowest BCUT2D eigenvalue weighted by Crippen LogP contribution is -2.30. The Bertz CT molecular complexity index is 1750. The number of carbonyl (C=O) groups excluding carboxylic acids is 3. The second-order valence-corrected chi connectivity index (χ2v) is 23.0. The predicted molar refractivity (Wildman–Crippen MR) is 316 cm³/mol. The number of esters is 3. The van der Waals surface area contributed by atoms with Gasteiger partial charge in [0.1, 0.15) is 25.4 Å². The van der Waals surface area contributed by atoms with Gasteiger partial charge in [-0.1, -0.05) is 190 Å². The number of hydrogen-bond acceptors (Lipinski definition) is 14. The molecule has 5 unspecified atom stereocenters. The highest BCUT2D eigenvalue weighted by Crippen LogP contribution is 2.45. The smallest absolute Gasteiger partial charge is 0.463 e. The van der Waals surface area contributed by atoms with E-state index in [9.17, 15) is 43.5 Å². The van der Waals surface area contributed by atoms with Gasteiger partial charge in [0.05, 0.1) is 26.4 Å². The maximum atomic E-state index is 12.8. The molecule has 16 nitrogen and oxygen atoms in total. The number of rotatable bonds is 57. The fourth-order valence-corrected chi connectivity index (χ4v) is 9.32. The zero-order chi connectivity index (χ0) is 58.2. The first-order valence-electron chi connectivity index (χ1n) is 30.2. The summed E-state index contributed by atoms with van der Waals surface area (Å²) in [6.45, 7) is 2.42. The average molecular weight is 1160 g/mol. The van der Waals surface area contributed by atoms with Crippen LogP contribution < -0.4 is 0 Å². The number of phosphoric ester groups is 2. The molecule has 0 spiro atoms. The molecule has 18 heteroatoms. The monoisotopic (exact) mass is 1160 g/mol. The van der Waals surface area contributed by atoms with Crippen molar-refractivity contribution in [3.8, 4) is 0 Å². The van der Waals surface area contributed by atoms with Crippen LogP contribution in [0.4, 0.5) is 0 Å². The molecule has 0 rings (SSSR count). The first-order chi connectivity index (χ1) is 38.2. The van der Waals surface area contributed by atoms with E-state index in [1.807, 2.05) is 0 Å². The van der Waals surface area contributed by atoms with Crippen LogP contribution in [0.5, 0.6) is 0 Å². The molecule has 4 N–H and O–H groups in total. The van der Waals surface area contributed by atoms with Gasteiger partial charge >= 0.3 is 33.6 Å². The zero-order valence-corrected chi connectivity index (χ0v) is 50.8. The molecule has 0 aromatic rings. The van der Waals surface area contributed by atoms with Crippen LogP contribution in [0.2, 0.25) is 0 Å². The molecule has 0 radical (unpaired) electrons. The molecular weight excluding hydrogens is 1050 g/mol. The number of unbranched alkanes of at least 4 members (excludes halogenated alkanes) is 22. The molecule has 79 heavy (non-hydrogen) atoms. The standard InChI is InChI=1S/C61H108O16P2/c1-4-7-10-13-16-19-22-25-26-27-28-31-33-35-38-41-44-47-59(64)71-50-56(62)51-73-78(67,68)74-52-57(63)53-75-79(69,70)76-55-58(77-61(66)49-46-43-40-37-34-30-24-21-18-15-12-9-6-3)54-72-60(65)48-45-42-39-36-32-29-23-20-17-14-11-8-5-2/h7,10-11,14,16,19-21,23-26,56-58,62-63H,4-6,8-9,12-13,15,17-18,22,27-55H2,1-3H3,(H,67,68)(H,69,70)/b10-7-,14-11-,19-16-,23-20-,24-21-,26-25-. The van der Waals surface area contributed by atoms with Crippen molar-refractivity contribution < 1.29 is 75.8 Å². The minimum Gasteiger partial charge on any atom is -0.463 e. The van der Waals surface area contributed by atoms with Gasteiger partial charge in [-0.25, -0.2) is 9.13 Å². The van der Waals surface area contributed by atoms with E-state index in [1.54, 1.807) is 0 Å². The molecule has 0 heterocycles. The Morgan fingerprint density at radius 2 is 0.696 bits per heavy atom. The van der Waals surface area contributed by atoms with Gasteiger partial charge in [-0.2, -0.15) is 0 Å². The third kappa shape index (κ3) is 56.6. The molecule has 0 fully saturated rings. The van der Waals surface area contributed by atoms with E-state index < -0.39 is 91.5 Å². The van der Waals surface area contributed by atoms with E-state index in [0.717, 1.165) is 154 Å². The Hall–Kier alpha value is -3.01. The maximum absolute atomic E-state index is 12.8. The van der Waals surface area contributed by atoms with E-state index in [1.165, 1.54) is 25.7 Å². The van der Waals surface area contributed by atoms with Gasteiger partial charge in [0.2, 0.25) is 0 Å². The first-order valence-corrected chi connectivity index (χ1v) is 33.2. The van der Waals surface area contributed by atoms with Crippen molar-refractivity contribution in [2.24, 2.45) is 0 Å². The van der Waals surface area contributed by atoms with Crippen LogP contribution in [-0.2, 0) is 55.8 Å². The topological polar surface area (TPSA) is 231 Å². The molecule has 0 aliphatic carbocycles. The fourth-order valence-electron chi connectivity index (χ4n) is 7.73. The zero-order valence-electron chi connectivity index (χ0n) is 49.0. The summed E-state index contributed by atoms with van der Waals surface area (Å²) in [7, 11) is -9.76. The van der Waals surface area contributed by atoms with Gasteiger partial charge in [0.25, 0.3) is 0 Å². The molecule has 0 saturated heterocycles. The summed E-state index contributed by atoms with van der Waals surface area (Å²) in [6.07, 6.45) is 54.0. The lowest BCUT2D eigenvalue weighted by atomic mass is 10.1. The molecule has 0 aromatic carbocycles. The first kappa shape index (κ1) is 76.0. The van der Waals surface area contributed by atoms with Crippen LogP contribution in [0.3, 0.4) is 0 Å². The van der Waals surface area contributed by atoms with Crippen LogP contribution in [0.25, 0.3) is 0 Å². The molecule has 0 amide bonds. The molecule has 0 aliphatic rings. The maximum Gasteiger partial charge on any atom is 0.472 e. The van der Waals surface area contributed by atoms with E-state index in [2.05, 4.69) is 93.7 Å². The lowest BCUT2D eigenvalue weighted by Gasteiger charge is -2.21. The Morgan fingerprint density at radius 1 is 0.367 bits per heavy atom. The van der Waals surface area contributed by atoms with Crippen molar-refractivity contribution >= 4 is 33.6 Å². The Balaban J connectivity index is 4.67.